The minimum atomic E-state index is -0.387. The third kappa shape index (κ3) is 4.72. The van der Waals surface area contributed by atoms with Crippen LogP contribution in [0, 0.1) is 6.92 Å². The predicted molar refractivity (Wildman–Crippen MR) is 101 cm³/mol. The van der Waals surface area contributed by atoms with Gasteiger partial charge < -0.3 is 14.7 Å². The first-order valence-electron chi connectivity index (χ1n) is 9.00. The molecule has 8 nitrogen and oxygen atoms in total. The van der Waals surface area contributed by atoms with Gasteiger partial charge in [0, 0.05) is 31.0 Å². The summed E-state index contributed by atoms with van der Waals surface area (Å²) in [6.45, 7) is 7.58. The zero-order valence-electron chi connectivity index (χ0n) is 15.8. The summed E-state index contributed by atoms with van der Waals surface area (Å²) >= 11 is 0. The van der Waals surface area contributed by atoms with E-state index in [1.165, 1.54) is 0 Å². The minimum absolute atomic E-state index is 0.174. The molecule has 27 heavy (non-hydrogen) atoms. The van der Waals surface area contributed by atoms with Gasteiger partial charge in [0.05, 0.1) is 6.54 Å². The Morgan fingerprint density at radius 1 is 1.37 bits per heavy atom. The van der Waals surface area contributed by atoms with Crippen LogP contribution < -0.4 is 5.32 Å². The molecule has 0 radical (unpaired) electrons. The van der Waals surface area contributed by atoms with Crippen LogP contribution in [0.4, 0.5) is 4.79 Å². The highest BCUT2D eigenvalue weighted by molar-refractivity contribution is 5.74. The standard InChI is InChI=1S/C19H24N6O2/c1-4-24(11-12-25-10-6-9-20-25)19(26)21-15(3)18-22-17(23-27-18)16-8-5-7-14(2)13-16/h5-10,13,15H,4,11-12H2,1-3H3,(H,21,26). The lowest BCUT2D eigenvalue weighted by molar-refractivity contribution is 0.191. The van der Waals surface area contributed by atoms with Crippen LogP contribution in [0.5, 0.6) is 0 Å². The Kier molecular flexibility index (Phi) is 5.85. The van der Waals surface area contributed by atoms with Crippen molar-refractivity contribution in [3.63, 3.8) is 0 Å². The maximum Gasteiger partial charge on any atom is 0.318 e. The van der Waals surface area contributed by atoms with E-state index in [-0.39, 0.29) is 12.1 Å². The lowest BCUT2D eigenvalue weighted by atomic mass is 10.1. The second-order valence-electron chi connectivity index (χ2n) is 6.35. The van der Waals surface area contributed by atoms with E-state index in [1.54, 1.807) is 15.8 Å². The molecule has 0 aliphatic carbocycles. The van der Waals surface area contributed by atoms with Gasteiger partial charge in [0.15, 0.2) is 0 Å². The summed E-state index contributed by atoms with van der Waals surface area (Å²) in [5.74, 6) is 0.892. The molecule has 1 unspecified atom stereocenters. The Morgan fingerprint density at radius 3 is 2.93 bits per heavy atom. The van der Waals surface area contributed by atoms with Crippen LogP contribution in [0.25, 0.3) is 11.4 Å². The Bertz CT molecular complexity index is 874. The Balaban J connectivity index is 1.60. The maximum absolute atomic E-state index is 12.5. The number of aromatic nitrogens is 4. The number of amides is 2. The summed E-state index contributed by atoms with van der Waals surface area (Å²) in [6, 6.07) is 9.18. The molecule has 2 aromatic heterocycles. The smallest absolute Gasteiger partial charge is 0.318 e. The van der Waals surface area contributed by atoms with Gasteiger partial charge in [-0.3, -0.25) is 4.68 Å². The van der Waals surface area contributed by atoms with Crippen LogP contribution in [-0.2, 0) is 6.54 Å². The molecular weight excluding hydrogens is 344 g/mol. The van der Waals surface area contributed by atoms with Crippen molar-refractivity contribution in [1.29, 1.82) is 0 Å². The van der Waals surface area contributed by atoms with Crippen molar-refractivity contribution in [2.45, 2.75) is 33.4 Å². The average molecular weight is 368 g/mol. The van der Waals surface area contributed by atoms with Gasteiger partial charge in [-0.2, -0.15) is 10.1 Å². The third-order valence-corrected chi connectivity index (χ3v) is 4.26. The number of nitrogens with zero attached hydrogens (tertiary/aromatic N) is 5. The van der Waals surface area contributed by atoms with E-state index in [0.29, 0.717) is 31.3 Å². The number of urea groups is 1. The van der Waals surface area contributed by atoms with Gasteiger partial charge in [0.2, 0.25) is 11.7 Å². The maximum atomic E-state index is 12.5. The van der Waals surface area contributed by atoms with Crippen LogP contribution in [0.3, 0.4) is 0 Å². The number of rotatable bonds is 7. The fourth-order valence-electron chi connectivity index (χ4n) is 2.71. The number of carbonyl (C=O) groups is 1. The number of aryl methyl sites for hydroxylation is 1. The van der Waals surface area contributed by atoms with E-state index in [9.17, 15) is 4.79 Å². The molecule has 2 amide bonds. The van der Waals surface area contributed by atoms with Crippen LogP contribution in [0.1, 0.15) is 31.3 Å². The molecule has 2 heterocycles. The Hall–Kier alpha value is -3.16. The first kappa shape index (κ1) is 18.6. The molecule has 0 saturated heterocycles. The van der Waals surface area contributed by atoms with Gasteiger partial charge >= 0.3 is 6.03 Å². The van der Waals surface area contributed by atoms with Crippen molar-refractivity contribution in [3.05, 3.63) is 54.2 Å². The van der Waals surface area contributed by atoms with Crippen LogP contribution >= 0.6 is 0 Å². The molecular formula is C19H24N6O2. The van der Waals surface area contributed by atoms with E-state index in [4.69, 9.17) is 4.52 Å². The molecule has 3 aromatic rings. The summed E-state index contributed by atoms with van der Waals surface area (Å²) in [5, 5.41) is 11.1. The van der Waals surface area contributed by atoms with E-state index in [1.807, 2.05) is 57.3 Å². The lowest BCUT2D eigenvalue weighted by Crippen LogP contribution is -2.42. The largest absolute Gasteiger partial charge is 0.337 e. The summed E-state index contributed by atoms with van der Waals surface area (Å²) in [5.41, 5.74) is 2.01. The van der Waals surface area contributed by atoms with Gasteiger partial charge in [-0.05, 0) is 32.9 Å². The average Bonchev–Trinajstić information content (AvgIpc) is 3.34. The highest BCUT2D eigenvalue weighted by atomic mass is 16.5. The van der Waals surface area contributed by atoms with Gasteiger partial charge in [-0.1, -0.05) is 28.9 Å². The summed E-state index contributed by atoms with van der Waals surface area (Å²) in [6.07, 6.45) is 3.60. The molecule has 0 aliphatic rings. The van der Waals surface area contributed by atoms with E-state index < -0.39 is 0 Å². The quantitative estimate of drug-likeness (QED) is 0.692. The molecule has 3 rings (SSSR count). The summed E-state index contributed by atoms with van der Waals surface area (Å²) in [7, 11) is 0. The first-order valence-corrected chi connectivity index (χ1v) is 9.00. The predicted octanol–water partition coefficient (Wildman–Crippen LogP) is 3.03. The van der Waals surface area contributed by atoms with E-state index >= 15 is 0 Å². The highest BCUT2D eigenvalue weighted by Crippen LogP contribution is 2.19. The van der Waals surface area contributed by atoms with Crippen LogP contribution in [0.15, 0.2) is 47.2 Å². The molecule has 0 aliphatic heterocycles. The molecule has 0 saturated carbocycles. The molecule has 1 N–H and O–H groups in total. The van der Waals surface area contributed by atoms with Crippen LogP contribution in [0.2, 0.25) is 0 Å². The van der Waals surface area contributed by atoms with Gasteiger partial charge in [0.25, 0.3) is 0 Å². The summed E-state index contributed by atoms with van der Waals surface area (Å²) < 4.78 is 7.14. The second-order valence-corrected chi connectivity index (χ2v) is 6.35. The van der Waals surface area contributed by atoms with Crippen molar-refractivity contribution >= 4 is 6.03 Å². The first-order chi connectivity index (χ1) is 13.1. The third-order valence-electron chi connectivity index (χ3n) is 4.26. The Labute approximate surface area is 158 Å². The van der Waals surface area contributed by atoms with Crippen LogP contribution in [-0.4, -0.2) is 43.9 Å². The number of carbonyl (C=O) groups excluding carboxylic acids is 1. The van der Waals surface area contributed by atoms with E-state index in [0.717, 1.165) is 11.1 Å². The number of hydrogen-bond acceptors (Lipinski definition) is 5. The van der Waals surface area contributed by atoms with Crippen molar-refractivity contribution < 1.29 is 9.32 Å². The second kappa shape index (κ2) is 8.48. The number of benzene rings is 1. The fraction of sp³-hybridized carbons (Fsp3) is 0.368. The number of likely N-dealkylation sites (N-methyl/N-ethyl adjacent to an activating group) is 1. The fourth-order valence-corrected chi connectivity index (χ4v) is 2.71. The monoisotopic (exact) mass is 368 g/mol. The van der Waals surface area contributed by atoms with Crippen molar-refractivity contribution in [2.75, 3.05) is 13.1 Å². The van der Waals surface area contributed by atoms with Crippen molar-refractivity contribution in [2.24, 2.45) is 0 Å². The Morgan fingerprint density at radius 2 is 2.22 bits per heavy atom. The van der Waals surface area contributed by atoms with Crippen molar-refractivity contribution in [1.82, 2.24) is 30.1 Å². The molecule has 0 fully saturated rings. The van der Waals surface area contributed by atoms with Gasteiger partial charge in [-0.15, -0.1) is 0 Å². The van der Waals surface area contributed by atoms with Crippen molar-refractivity contribution in [3.8, 4) is 11.4 Å². The van der Waals surface area contributed by atoms with E-state index in [2.05, 4.69) is 20.6 Å². The van der Waals surface area contributed by atoms with Gasteiger partial charge in [0.1, 0.15) is 6.04 Å². The minimum Gasteiger partial charge on any atom is -0.337 e. The molecule has 1 aromatic carbocycles. The number of hydrogen-bond donors (Lipinski definition) is 1. The number of nitrogens with one attached hydrogen (secondary N) is 1. The SMILES string of the molecule is CCN(CCn1cccn1)C(=O)NC(C)c1nc(-c2cccc(C)c2)no1. The zero-order chi connectivity index (χ0) is 19.2. The molecule has 0 bridgehead atoms. The van der Waals surface area contributed by atoms with Gasteiger partial charge in [-0.25, -0.2) is 4.79 Å². The highest BCUT2D eigenvalue weighted by Gasteiger charge is 2.20. The normalized spacial score (nSPS) is 12.0. The molecule has 8 heteroatoms. The lowest BCUT2D eigenvalue weighted by Gasteiger charge is -2.22. The zero-order valence-corrected chi connectivity index (χ0v) is 15.8. The summed E-state index contributed by atoms with van der Waals surface area (Å²) in [4.78, 5) is 18.7. The topological polar surface area (TPSA) is 89.1 Å². The molecule has 142 valence electrons. The molecule has 1 atom stereocenters. The molecule has 0 spiro atoms.